The molecule has 0 saturated heterocycles. The van der Waals surface area contributed by atoms with Gasteiger partial charge >= 0.3 is 11.7 Å². The minimum atomic E-state index is -0.837. The number of ether oxygens (including phenoxy) is 2. The molecule has 0 aliphatic rings. The van der Waals surface area contributed by atoms with Gasteiger partial charge in [0.2, 0.25) is 0 Å². The number of hydrogen-bond donors (Lipinski definition) is 0. The Morgan fingerprint density at radius 2 is 2.17 bits per heavy atom. The van der Waals surface area contributed by atoms with Crippen LogP contribution in [-0.4, -0.2) is 24.1 Å². The molecule has 1 unspecified atom stereocenters. The number of hydrogen-bond acceptors (Lipinski definition) is 5. The summed E-state index contributed by atoms with van der Waals surface area (Å²) in [5.41, 5.74) is 0.595. The number of carbonyl (C=O) groups excluding carboxylic acids is 1. The second-order valence-electron chi connectivity index (χ2n) is 3.77. The van der Waals surface area contributed by atoms with E-state index in [-0.39, 0.29) is 11.4 Å². The maximum Gasteiger partial charge on any atom is 0.347 e. The minimum absolute atomic E-state index is 0.0721. The third-order valence-electron chi connectivity index (χ3n) is 2.42. The molecule has 0 radical (unpaired) electrons. The van der Waals surface area contributed by atoms with Crippen molar-refractivity contribution in [2.75, 3.05) is 7.11 Å². The van der Waals surface area contributed by atoms with Crippen molar-refractivity contribution in [2.24, 2.45) is 0 Å². The molecule has 1 rings (SSSR count). The van der Waals surface area contributed by atoms with Gasteiger partial charge < -0.3 is 9.47 Å². The molecule has 6 nitrogen and oxygen atoms in total. The van der Waals surface area contributed by atoms with E-state index in [0.29, 0.717) is 6.42 Å². The molecule has 0 amide bonds. The van der Waals surface area contributed by atoms with E-state index in [0.717, 1.165) is 5.56 Å². The van der Waals surface area contributed by atoms with Crippen LogP contribution in [0.5, 0.6) is 5.75 Å². The number of rotatable bonds is 5. The summed E-state index contributed by atoms with van der Waals surface area (Å²) in [5.74, 6) is -0.477. The lowest BCUT2D eigenvalue weighted by atomic mass is 10.2. The van der Waals surface area contributed by atoms with Crippen LogP contribution in [0.2, 0.25) is 0 Å². The quantitative estimate of drug-likeness (QED) is 0.456. The highest BCUT2D eigenvalue weighted by atomic mass is 16.6. The lowest BCUT2D eigenvalue weighted by molar-refractivity contribution is -0.386. The third kappa shape index (κ3) is 3.19. The summed E-state index contributed by atoms with van der Waals surface area (Å²) in [7, 11) is 1.25. The first-order valence-electron chi connectivity index (χ1n) is 5.49. The van der Waals surface area contributed by atoms with Crippen molar-refractivity contribution < 1.29 is 19.2 Å². The number of aryl methyl sites for hydroxylation is 1. The summed E-state index contributed by atoms with van der Waals surface area (Å²) in [6.07, 6.45) is -0.464. The highest BCUT2D eigenvalue weighted by Crippen LogP contribution is 2.29. The smallest absolute Gasteiger partial charge is 0.347 e. The predicted molar refractivity (Wildman–Crippen MR) is 64.6 cm³/mol. The van der Waals surface area contributed by atoms with Gasteiger partial charge in [-0.1, -0.05) is 13.0 Å². The summed E-state index contributed by atoms with van der Waals surface area (Å²) in [6, 6.07) is 4.57. The summed E-state index contributed by atoms with van der Waals surface area (Å²) in [6.45, 7) is 3.48. The van der Waals surface area contributed by atoms with E-state index in [2.05, 4.69) is 4.74 Å². The molecule has 0 aliphatic carbocycles. The third-order valence-corrected chi connectivity index (χ3v) is 2.42. The molecule has 0 aromatic heterocycles. The van der Waals surface area contributed by atoms with Gasteiger partial charge in [-0.15, -0.1) is 0 Å². The fourth-order valence-corrected chi connectivity index (χ4v) is 1.45. The molecule has 0 spiro atoms. The number of methoxy groups -OCH3 is 1. The highest BCUT2D eigenvalue weighted by Gasteiger charge is 2.23. The first kappa shape index (κ1) is 14.0. The maximum absolute atomic E-state index is 11.4. The van der Waals surface area contributed by atoms with Gasteiger partial charge in [0, 0.05) is 6.07 Å². The number of nitro groups is 1. The summed E-state index contributed by atoms with van der Waals surface area (Å²) < 4.78 is 9.91. The second-order valence-corrected chi connectivity index (χ2v) is 3.77. The molecule has 1 aromatic rings. The predicted octanol–water partition coefficient (Wildman–Crippen LogP) is 2.23. The van der Waals surface area contributed by atoms with Gasteiger partial charge in [-0.05, 0) is 25.0 Å². The topological polar surface area (TPSA) is 78.7 Å². The number of esters is 1. The second kappa shape index (κ2) is 6.00. The summed E-state index contributed by atoms with van der Waals surface area (Å²) in [5, 5.41) is 10.9. The average Bonchev–Trinajstić information content (AvgIpc) is 2.36. The Balaban J connectivity index is 3.02. The van der Waals surface area contributed by atoms with Gasteiger partial charge in [0.1, 0.15) is 0 Å². The van der Waals surface area contributed by atoms with Crippen molar-refractivity contribution in [1.29, 1.82) is 0 Å². The van der Waals surface area contributed by atoms with Gasteiger partial charge in [-0.2, -0.15) is 0 Å². The molecule has 0 saturated carbocycles. The Hall–Kier alpha value is -2.11. The van der Waals surface area contributed by atoms with Crippen LogP contribution < -0.4 is 4.74 Å². The Kier molecular flexibility index (Phi) is 4.65. The van der Waals surface area contributed by atoms with Crippen LogP contribution in [0, 0.1) is 17.0 Å². The van der Waals surface area contributed by atoms with Crippen LogP contribution in [0.15, 0.2) is 18.2 Å². The van der Waals surface area contributed by atoms with Crippen molar-refractivity contribution in [1.82, 2.24) is 0 Å². The van der Waals surface area contributed by atoms with Crippen molar-refractivity contribution >= 4 is 11.7 Å². The van der Waals surface area contributed by atoms with Crippen molar-refractivity contribution in [3.8, 4) is 5.75 Å². The Morgan fingerprint density at radius 3 is 2.67 bits per heavy atom. The zero-order valence-electron chi connectivity index (χ0n) is 10.5. The molecule has 1 atom stereocenters. The minimum Gasteiger partial charge on any atom is -0.472 e. The van der Waals surface area contributed by atoms with Crippen molar-refractivity contribution in [2.45, 2.75) is 26.4 Å². The largest absolute Gasteiger partial charge is 0.472 e. The number of nitro benzene ring substituents is 1. The van der Waals surface area contributed by atoms with Crippen LogP contribution in [0.3, 0.4) is 0 Å². The van der Waals surface area contributed by atoms with E-state index in [1.807, 2.05) is 0 Å². The molecule has 18 heavy (non-hydrogen) atoms. The fraction of sp³-hybridized carbons (Fsp3) is 0.417. The monoisotopic (exact) mass is 253 g/mol. The van der Waals surface area contributed by atoms with Crippen LogP contribution in [-0.2, 0) is 9.53 Å². The molecular weight excluding hydrogens is 238 g/mol. The SMILES string of the molecule is CCC(Oc1ccc(C)cc1[N+](=O)[O-])C(=O)OC. The number of carbonyl (C=O) groups is 1. The van der Waals surface area contributed by atoms with Crippen molar-refractivity contribution in [3.63, 3.8) is 0 Å². The standard InChI is InChI=1S/C12H15NO5/c1-4-10(12(14)17-3)18-11-6-5-8(2)7-9(11)13(15)16/h5-7,10H,4H2,1-3H3. The van der Waals surface area contributed by atoms with Gasteiger partial charge in [0.25, 0.3) is 0 Å². The van der Waals surface area contributed by atoms with Crippen LogP contribution in [0.1, 0.15) is 18.9 Å². The molecule has 0 N–H and O–H groups in total. The maximum atomic E-state index is 11.4. The van der Waals surface area contributed by atoms with Crippen molar-refractivity contribution in [3.05, 3.63) is 33.9 Å². The molecule has 0 fully saturated rings. The van der Waals surface area contributed by atoms with Crippen LogP contribution >= 0.6 is 0 Å². The Bertz CT molecular complexity index is 458. The van der Waals surface area contributed by atoms with Crippen LogP contribution in [0.4, 0.5) is 5.69 Å². The molecule has 0 heterocycles. The molecular formula is C12H15NO5. The van der Waals surface area contributed by atoms with E-state index < -0.39 is 17.0 Å². The zero-order valence-corrected chi connectivity index (χ0v) is 10.5. The Labute approximate surface area is 105 Å². The normalized spacial score (nSPS) is 11.7. The van der Waals surface area contributed by atoms with E-state index in [1.165, 1.54) is 19.2 Å². The fourth-order valence-electron chi connectivity index (χ4n) is 1.45. The van der Waals surface area contributed by atoms with E-state index >= 15 is 0 Å². The highest BCUT2D eigenvalue weighted by molar-refractivity contribution is 5.75. The van der Waals surface area contributed by atoms with Gasteiger partial charge in [-0.25, -0.2) is 4.79 Å². The van der Waals surface area contributed by atoms with Gasteiger partial charge in [-0.3, -0.25) is 10.1 Å². The van der Waals surface area contributed by atoms with E-state index in [1.54, 1.807) is 19.9 Å². The average molecular weight is 253 g/mol. The number of nitrogens with zero attached hydrogens (tertiary/aromatic N) is 1. The summed E-state index contributed by atoms with van der Waals surface area (Å²) >= 11 is 0. The van der Waals surface area contributed by atoms with E-state index in [4.69, 9.17) is 4.74 Å². The van der Waals surface area contributed by atoms with E-state index in [9.17, 15) is 14.9 Å². The molecule has 98 valence electrons. The molecule has 0 aliphatic heterocycles. The van der Waals surface area contributed by atoms with Gasteiger partial charge in [0.05, 0.1) is 12.0 Å². The first-order chi connectivity index (χ1) is 8.49. The molecule has 6 heteroatoms. The lowest BCUT2D eigenvalue weighted by Gasteiger charge is -2.15. The summed E-state index contributed by atoms with van der Waals surface area (Å²) in [4.78, 5) is 21.7. The van der Waals surface area contributed by atoms with Crippen LogP contribution in [0.25, 0.3) is 0 Å². The number of benzene rings is 1. The zero-order chi connectivity index (χ0) is 13.7. The molecule has 1 aromatic carbocycles. The van der Waals surface area contributed by atoms with Gasteiger partial charge in [0.15, 0.2) is 11.9 Å². The Morgan fingerprint density at radius 1 is 1.50 bits per heavy atom. The first-order valence-corrected chi connectivity index (χ1v) is 5.49. The lowest BCUT2D eigenvalue weighted by Crippen LogP contribution is -2.27. The molecule has 0 bridgehead atoms.